The standard InChI is InChI=1S/C12H9F2N5O2/c13-7-2-1-6(3-8(7)14)17-10(20)4-9-11(21)18-12-15-5-16-19(9)12/h1-3,5,9H,4H2,(H,17,20)(H,15,16,18,21)/t9-/m0/s1. The van der Waals surface area contributed by atoms with Crippen molar-refractivity contribution in [3.63, 3.8) is 0 Å². The number of nitrogens with one attached hydrogen (secondary N) is 2. The van der Waals surface area contributed by atoms with Crippen molar-refractivity contribution in [2.75, 3.05) is 10.6 Å². The molecule has 7 nitrogen and oxygen atoms in total. The fourth-order valence-electron chi connectivity index (χ4n) is 2.01. The first kappa shape index (κ1) is 13.2. The van der Waals surface area contributed by atoms with Crippen molar-refractivity contribution in [2.45, 2.75) is 12.5 Å². The average Bonchev–Trinajstić information content (AvgIpc) is 2.97. The minimum atomic E-state index is -1.06. The van der Waals surface area contributed by atoms with Crippen LogP contribution in [0.15, 0.2) is 24.5 Å². The fraction of sp³-hybridized carbons (Fsp3) is 0.167. The lowest BCUT2D eigenvalue weighted by molar-refractivity contribution is -0.123. The Bertz CT molecular complexity index is 730. The molecule has 1 aliphatic heterocycles. The van der Waals surface area contributed by atoms with Gasteiger partial charge in [-0.05, 0) is 12.1 Å². The lowest BCUT2D eigenvalue weighted by atomic mass is 10.2. The molecule has 0 bridgehead atoms. The zero-order valence-corrected chi connectivity index (χ0v) is 10.5. The highest BCUT2D eigenvalue weighted by molar-refractivity contribution is 6.00. The minimum Gasteiger partial charge on any atom is -0.326 e. The van der Waals surface area contributed by atoms with Gasteiger partial charge in [-0.2, -0.15) is 10.1 Å². The van der Waals surface area contributed by atoms with E-state index < -0.39 is 29.5 Å². The van der Waals surface area contributed by atoms with Gasteiger partial charge in [0.1, 0.15) is 12.4 Å². The minimum absolute atomic E-state index is 0.108. The molecular weight excluding hydrogens is 284 g/mol. The maximum atomic E-state index is 13.0. The van der Waals surface area contributed by atoms with Gasteiger partial charge in [-0.15, -0.1) is 0 Å². The fourth-order valence-corrected chi connectivity index (χ4v) is 2.01. The first-order valence-corrected chi connectivity index (χ1v) is 6.00. The number of amides is 2. The maximum Gasteiger partial charge on any atom is 0.252 e. The Labute approximate surface area is 117 Å². The van der Waals surface area contributed by atoms with E-state index in [0.29, 0.717) is 0 Å². The molecule has 2 amide bonds. The molecule has 0 fully saturated rings. The van der Waals surface area contributed by atoms with Crippen molar-refractivity contribution < 1.29 is 18.4 Å². The predicted molar refractivity (Wildman–Crippen MR) is 67.3 cm³/mol. The van der Waals surface area contributed by atoms with Gasteiger partial charge in [0.15, 0.2) is 11.6 Å². The van der Waals surface area contributed by atoms with Crippen LogP contribution in [0.2, 0.25) is 0 Å². The summed E-state index contributed by atoms with van der Waals surface area (Å²) in [5.74, 6) is -2.72. The molecule has 0 radical (unpaired) electrons. The Balaban J connectivity index is 1.70. The van der Waals surface area contributed by atoms with Gasteiger partial charge in [0, 0.05) is 11.8 Å². The van der Waals surface area contributed by atoms with Crippen LogP contribution in [0, 0.1) is 11.6 Å². The van der Waals surface area contributed by atoms with Crippen LogP contribution >= 0.6 is 0 Å². The monoisotopic (exact) mass is 293 g/mol. The number of carbonyl (C=O) groups excluding carboxylic acids is 2. The van der Waals surface area contributed by atoms with Crippen LogP contribution in [-0.4, -0.2) is 26.6 Å². The third-order valence-electron chi connectivity index (χ3n) is 2.99. The van der Waals surface area contributed by atoms with Crippen molar-refractivity contribution in [1.82, 2.24) is 14.8 Å². The van der Waals surface area contributed by atoms with Gasteiger partial charge in [-0.3, -0.25) is 14.9 Å². The third-order valence-corrected chi connectivity index (χ3v) is 2.99. The highest BCUT2D eigenvalue weighted by Gasteiger charge is 2.33. The molecule has 1 aliphatic rings. The molecule has 21 heavy (non-hydrogen) atoms. The molecule has 108 valence electrons. The third kappa shape index (κ3) is 2.45. The topological polar surface area (TPSA) is 88.9 Å². The number of benzene rings is 1. The van der Waals surface area contributed by atoms with Crippen LogP contribution in [0.4, 0.5) is 20.4 Å². The van der Waals surface area contributed by atoms with Crippen LogP contribution in [0.25, 0.3) is 0 Å². The van der Waals surface area contributed by atoms with Gasteiger partial charge in [-0.1, -0.05) is 0 Å². The summed E-state index contributed by atoms with van der Waals surface area (Å²) in [7, 11) is 0. The molecule has 1 atom stereocenters. The Hall–Kier alpha value is -2.84. The molecule has 1 aromatic heterocycles. The molecular formula is C12H9F2N5O2. The molecule has 1 aromatic carbocycles. The summed E-state index contributed by atoms with van der Waals surface area (Å²) in [6, 6.07) is 2.19. The van der Waals surface area contributed by atoms with Gasteiger partial charge < -0.3 is 5.32 Å². The number of fused-ring (bicyclic) bond motifs is 1. The average molecular weight is 293 g/mol. The van der Waals surface area contributed by atoms with E-state index >= 15 is 0 Å². The summed E-state index contributed by atoms with van der Waals surface area (Å²) in [5.41, 5.74) is 0.108. The Kier molecular flexibility index (Phi) is 3.09. The second-order valence-corrected chi connectivity index (χ2v) is 4.41. The number of carbonyl (C=O) groups is 2. The van der Waals surface area contributed by atoms with E-state index in [9.17, 15) is 18.4 Å². The van der Waals surface area contributed by atoms with Gasteiger partial charge in [0.05, 0.1) is 6.42 Å². The van der Waals surface area contributed by atoms with Crippen LogP contribution in [-0.2, 0) is 9.59 Å². The van der Waals surface area contributed by atoms with E-state index in [4.69, 9.17) is 0 Å². The van der Waals surface area contributed by atoms with Gasteiger partial charge in [-0.25, -0.2) is 13.5 Å². The molecule has 3 rings (SSSR count). The molecule has 0 saturated heterocycles. The van der Waals surface area contributed by atoms with E-state index in [0.717, 1.165) is 12.1 Å². The zero-order chi connectivity index (χ0) is 15.0. The summed E-state index contributed by atoms with van der Waals surface area (Å²) in [4.78, 5) is 27.4. The highest BCUT2D eigenvalue weighted by atomic mass is 19.2. The Morgan fingerprint density at radius 2 is 2.19 bits per heavy atom. The Morgan fingerprint density at radius 3 is 2.95 bits per heavy atom. The number of nitrogens with zero attached hydrogens (tertiary/aromatic N) is 3. The summed E-state index contributed by atoms with van der Waals surface area (Å²) >= 11 is 0. The van der Waals surface area contributed by atoms with Crippen molar-refractivity contribution in [3.8, 4) is 0 Å². The summed E-state index contributed by atoms with van der Waals surface area (Å²) in [6.45, 7) is 0. The molecule has 0 unspecified atom stereocenters. The van der Waals surface area contributed by atoms with Gasteiger partial charge in [0.25, 0.3) is 5.91 Å². The van der Waals surface area contributed by atoms with Crippen molar-refractivity contribution in [2.24, 2.45) is 0 Å². The predicted octanol–water partition coefficient (Wildman–Crippen LogP) is 1.08. The van der Waals surface area contributed by atoms with Crippen molar-refractivity contribution in [3.05, 3.63) is 36.2 Å². The van der Waals surface area contributed by atoms with Crippen molar-refractivity contribution in [1.29, 1.82) is 0 Å². The molecule has 0 spiro atoms. The number of hydrogen-bond acceptors (Lipinski definition) is 4. The van der Waals surface area contributed by atoms with Gasteiger partial charge >= 0.3 is 0 Å². The van der Waals surface area contributed by atoms with Crippen LogP contribution < -0.4 is 10.6 Å². The van der Waals surface area contributed by atoms with Crippen LogP contribution in [0.3, 0.4) is 0 Å². The molecule has 2 N–H and O–H groups in total. The summed E-state index contributed by atoms with van der Waals surface area (Å²) in [6.07, 6.45) is 1.07. The Morgan fingerprint density at radius 1 is 1.38 bits per heavy atom. The molecule has 2 heterocycles. The second kappa shape index (κ2) is 4.93. The van der Waals surface area contributed by atoms with Crippen LogP contribution in [0.5, 0.6) is 0 Å². The van der Waals surface area contributed by atoms with Gasteiger partial charge in [0.2, 0.25) is 11.9 Å². The number of aromatic nitrogens is 3. The van der Waals surface area contributed by atoms with E-state index in [-0.39, 0.29) is 18.1 Å². The smallest absolute Gasteiger partial charge is 0.252 e. The van der Waals surface area contributed by atoms with Crippen molar-refractivity contribution >= 4 is 23.5 Å². The molecule has 0 saturated carbocycles. The number of anilines is 2. The van der Waals surface area contributed by atoms with E-state index in [1.54, 1.807) is 0 Å². The summed E-state index contributed by atoms with van der Waals surface area (Å²) in [5, 5.41) is 8.71. The van der Waals surface area contributed by atoms with Crippen LogP contribution in [0.1, 0.15) is 12.5 Å². The molecule has 9 heteroatoms. The number of hydrogen-bond donors (Lipinski definition) is 2. The second-order valence-electron chi connectivity index (χ2n) is 4.41. The zero-order valence-electron chi connectivity index (χ0n) is 10.5. The maximum absolute atomic E-state index is 13.0. The summed E-state index contributed by atoms with van der Waals surface area (Å²) < 4.78 is 27.1. The number of halogens is 2. The first-order chi connectivity index (χ1) is 10.0. The normalized spacial score (nSPS) is 16.5. The first-order valence-electron chi connectivity index (χ1n) is 6.00. The quantitative estimate of drug-likeness (QED) is 0.886. The van der Waals surface area contributed by atoms with E-state index in [1.807, 2.05) is 0 Å². The molecule has 2 aromatic rings. The SMILES string of the molecule is O=C(C[C@H]1C(=O)Nc2ncnn21)Nc1ccc(F)c(F)c1. The lowest BCUT2D eigenvalue weighted by Gasteiger charge is -2.09. The van der Waals surface area contributed by atoms with E-state index in [2.05, 4.69) is 20.7 Å². The number of rotatable bonds is 3. The molecule has 0 aliphatic carbocycles. The largest absolute Gasteiger partial charge is 0.326 e. The van der Waals surface area contributed by atoms with E-state index in [1.165, 1.54) is 17.1 Å². The lowest BCUT2D eigenvalue weighted by Crippen LogP contribution is -2.23. The highest BCUT2D eigenvalue weighted by Crippen LogP contribution is 2.24.